The zero-order valence-corrected chi connectivity index (χ0v) is 22.0. The Balaban J connectivity index is 4.09. The Labute approximate surface area is 196 Å². The third kappa shape index (κ3) is 21.1. The van der Waals surface area contributed by atoms with Crippen LogP contribution >= 0.6 is 0 Å². The van der Waals surface area contributed by atoms with Gasteiger partial charge in [-0.15, -0.1) is 0 Å². The number of hydrogen-bond donors (Lipinski definition) is 0. The van der Waals surface area contributed by atoms with Gasteiger partial charge in [0.15, 0.2) is 0 Å². The molecule has 0 aromatic carbocycles. The smallest absolute Gasteiger partial charge is 0.308 e. The first-order chi connectivity index (χ1) is 15.2. The minimum atomic E-state index is 0.0327. The fourth-order valence-corrected chi connectivity index (χ4v) is 4.42. The minimum absolute atomic E-state index is 0.0327. The Kier molecular flexibility index (Phi) is 23.7. The van der Waals surface area contributed by atoms with Gasteiger partial charge in [0.2, 0.25) is 0 Å². The van der Waals surface area contributed by atoms with Gasteiger partial charge in [-0.3, -0.25) is 4.79 Å². The van der Waals surface area contributed by atoms with E-state index in [-0.39, 0.29) is 11.9 Å². The van der Waals surface area contributed by atoms with E-state index in [0.29, 0.717) is 12.5 Å². The summed E-state index contributed by atoms with van der Waals surface area (Å²) in [5.41, 5.74) is 0. The second-order valence-electron chi connectivity index (χ2n) is 10.1. The van der Waals surface area contributed by atoms with Crippen molar-refractivity contribution in [2.24, 2.45) is 11.8 Å². The molecule has 0 aromatic rings. The Morgan fingerprint density at radius 3 is 1.35 bits per heavy atom. The molecule has 0 radical (unpaired) electrons. The van der Waals surface area contributed by atoms with Crippen LogP contribution in [0.15, 0.2) is 0 Å². The molecule has 31 heavy (non-hydrogen) atoms. The Morgan fingerprint density at radius 2 is 0.935 bits per heavy atom. The van der Waals surface area contributed by atoms with Crippen LogP contribution in [0.5, 0.6) is 0 Å². The van der Waals surface area contributed by atoms with E-state index in [1.54, 1.807) is 0 Å². The molecule has 0 saturated heterocycles. The van der Waals surface area contributed by atoms with E-state index in [9.17, 15) is 4.79 Å². The maximum Gasteiger partial charge on any atom is 0.308 e. The lowest BCUT2D eigenvalue weighted by molar-refractivity contribution is -0.149. The SMILES string of the molecule is CCCCCCCCCCC(CCCCCCCCCC)COC(=O)C(C)CCCC. The van der Waals surface area contributed by atoms with Crippen molar-refractivity contribution in [2.75, 3.05) is 6.61 Å². The second-order valence-corrected chi connectivity index (χ2v) is 10.1. The molecule has 0 bridgehead atoms. The lowest BCUT2D eigenvalue weighted by Gasteiger charge is -2.19. The van der Waals surface area contributed by atoms with Gasteiger partial charge in [-0.25, -0.2) is 0 Å². The van der Waals surface area contributed by atoms with Gasteiger partial charge in [-0.2, -0.15) is 0 Å². The van der Waals surface area contributed by atoms with E-state index in [2.05, 4.69) is 20.8 Å². The maximum absolute atomic E-state index is 12.3. The Hall–Kier alpha value is -0.530. The summed E-state index contributed by atoms with van der Waals surface area (Å²) in [4.78, 5) is 12.3. The highest BCUT2D eigenvalue weighted by Crippen LogP contribution is 2.21. The van der Waals surface area contributed by atoms with Gasteiger partial charge in [0.1, 0.15) is 0 Å². The van der Waals surface area contributed by atoms with Crippen LogP contribution in [-0.4, -0.2) is 12.6 Å². The molecule has 0 amide bonds. The summed E-state index contributed by atoms with van der Waals surface area (Å²) in [6.45, 7) is 9.43. The van der Waals surface area contributed by atoms with Crippen molar-refractivity contribution in [1.82, 2.24) is 0 Å². The summed E-state index contributed by atoms with van der Waals surface area (Å²) in [5.74, 6) is 0.666. The molecular weight excluding hydrogens is 380 g/mol. The van der Waals surface area contributed by atoms with E-state index in [4.69, 9.17) is 4.74 Å². The van der Waals surface area contributed by atoms with Gasteiger partial charge in [0, 0.05) is 0 Å². The van der Waals surface area contributed by atoms with Crippen LogP contribution in [0, 0.1) is 11.8 Å². The molecule has 0 aliphatic heterocycles. The zero-order valence-electron chi connectivity index (χ0n) is 22.0. The molecule has 0 rings (SSSR count). The third-order valence-corrected chi connectivity index (χ3v) is 6.79. The topological polar surface area (TPSA) is 26.3 Å². The fraction of sp³-hybridized carbons (Fsp3) is 0.966. The molecule has 0 aliphatic carbocycles. The zero-order chi connectivity index (χ0) is 23.0. The van der Waals surface area contributed by atoms with Gasteiger partial charge in [0.25, 0.3) is 0 Å². The minimum Gasteiger partial charge on any atom is -0.465 e. The Bertz CT molecular complexity index is 346. The predicted octanol–water partition coefficient (Wildman–Crippen LogP) is 10.0. The standard InChI is InChI=1S/C29H58O2/c1-5-8-11-13-15-17-19-21-24-28(25-22-20-18-16-14-12-9-6-2)26-31-29(30)27(4)23-10-7-3/h27-28H,5-26H2,1-4H3. The van der Waals surface area contributed by atoms with E-state index < -0.39 is 0 Å². The van der Waals surface area contributed by atoms with Crippen LogP contribution in [0.3, 0.4) is 0 Å². The highest BCUT2D eigenvalue weighted by molar-refractivity contribution is 5.71. The highest BCUT2D eigenvalue weighted by Gasteiger charge is 2.17. The number of esters is 1. The molecule has 2 nitrogen and oxygen atoms in total. The van der Waals surface area contributed by atoms with E-state index in [1.165, 1.54) is 116 Å². The van der Waals surface area contributed by atoms with Crippen molar-refractivity contribution in [3.05, 3.63) is 0 Å². The van der Waals surface area contributed by atoms with Gasteiger partial charge in [0.05, 0.1) is 12.5 Å². The number of carbonyl (C=O) groups is 1. The number of hydrogen-bond acceptors (Lipinski definition) is 2. The molecule has 1 unspecified atom stereocenters. The number of rotatable bonds is 24. The number of carbonyl (C=O) groups excluding carboxylic acids is 1. The molecule has 0 heterocycles. The molecule has 2 heteroatoms. The number of unbranched alkanes of at least 4 members (excludes halogenated alkanes) is 15. The quantitative estimate of drug-likeness (QED) is 0.111. The van der Waals surface area contributed by atoms with Crippen LogP contribution in [0.1, 0.15) is 163 Å². The summed E-state index contributed by atoms with van der Waals surface area (Å²) in [6, 6.07) is 0. The van der Waals surface area contributed by atoms with Crippen molar-refractivity contribution in [1.29, 1.82) is 0 Å². The van der Waals surface area contributed by atoms with Gasteiger partial charge in [-0.05, 0) is 25.2 Å². The lowest BCUT2D eigenvalue weighted by atomic mass is 9.94. The van der Waals surface area contributed by atoms with E-state index in [1.807, 2.05) is 6.92 Å². The van der Waals surface area contributed by atoms with Crippen LogP contribution in [0.25, 0.3) is 0 Å². The van der Waals surface area contributed by atoms with Gasteiger partial charge in [-0.1, -0.05) is 143 Å². The molecule has 1 atom stereocenters. The first-order valence-electron chi connectivity index (χ1n) is 14.3. The van der Waals surface area contributed by atoms with Gasteiger partial charge < -0.3 is 4.74 Å². The van der Waals surface area contributed by atoms with Crippen molar-refractivity contribution < 1.29 is 9.53 Å². The molecule has 0 aromatic heterocycles. The second kappa shape index (κ2) is 24.1. The van der Waals surface area contributed by atoms with Crippen molar-refractivity contribution in [3.8, 4) is 0 Å². The molecule has 186 valence electrons. The first-order valence-corrected chi connectivity index (χ1v) is 14.3. The average Bonchev–Trinajstić information content (AvgIpc) is 2.78. The molecule has 0 fully saturated rings. The fourth-order valence-electron chi connectivity index (χ4n) is 4.42. The molecule has 0 spiro atoms. The first kappa shape index (κ1) is 30.5. The summed E-state index contributed by atoms with van der Waals surface area (Å²) in [6.07, 6.45) is 27.6. The van der Waals surface area contributed by atoms with Crippen LogP contribution in [0.2, 0.25) is 0 Å². The largest absolute Gasteiger partial charge is 0.465 e. The summed E-state index contributed by atoms with van der Waals surface area (Å²) in [5, 5.41) is 0. The highest BCUT2D eigenvalue weighted by atomic mass is 16.5. The molecular formula is C29H58O2. The maximum atomic E-state index is 12.3. The van der Waals surface area contributed by atoms with E-state index in [0.717, 1.165) is 19.3 Å². The molecule has 0 N–H and O–H groups in total. The molecule has 0 saturated carbocycles. The van der Waals surface area contributed by atoms with E-state index >= 15 is 0 Å². The van der Waals surface area contributed by atoms with Crippen LogP contribution in [-0.2, 0) is 9.53 Å². The average molecular weight is 439 g/mol. The Morgan fingerprint density at radius 1 is 0.548 bits per heavy atom. The monoisotopic (exact) mass is 438 g/mol. The number of ether oxygens (including phenoxy) is 1. The van der Waals surface area contributed by atoms with Crippen LogP contribution in [0.4, 0.5) is 0 Å². The summed E-state index contributed by atoms with van der Waals surface area (Å²) in [7, 11) is 0. The lowest BCUT2D eigenvalue weighted by Crippen LogP contribution is -2.19. The van der Waals surface area contributed by atoms with Crippen molar-refractivity contribution in [2.45, 2.75) is 163 Å². The summed E-state index contributed by atoms with van der Waals surface area (Å²) < 4.78 is 5.77. The molecule has 0 aliphatic rings. The van der Waals surface area contributed by atoms with Crippen molar-refractivity contribution in [3.63, 3.8) is 0 Å². The van der Waals surface area contributed by atoms with Crippen molar-refractivity contribution >= 4 is 5.97 Å². The normalized spacial score (nSPS) is 12.4. The predicted molar refractivity (Wildman–Crippen MR) is 138 cm³/mol. The van der Waals surface area contributed by atoms with Crippen LogP contribution < -0.4 is 0 Å². The third-order valence-electron chi connectivity index (χ3n) is 6.79. The van der Waals surface area contributed by atoms with Gasteiger partial charge >= 0.3 is 5.97 Å². The summed E-state index contributed by atoms with van der Waals surface area (Å²) >= 11 is 0.